The summed E-state index contributed by atoms with van der Waals surface area (Å²) < 4.78 is 10.8. The van der Waals surface area contributed by atoms with E-state index in [2.05, 4.69) is 26.1 Å². The number of aromatic nitrogens is 2. The number of nitrogens with zero attached hydrogens (tertiary/aromatic N) is 5. The molecule has 1 saturated heterocycles. The van der Waals surface area contributed by atoms with Crippen LogP contribution >= 0.6 is 0 Å². The highest BCUT2D eigenvalue weighted by Gasteiger charge is 2.29. The van der Waals surface area contributed by atoms with Gasteiger partial charge in [-0.1, -0.05) is 12.0 Å². The first-order valence-corrected chi connectivity index (χ1v) is 9.18. The summed E-state index contributed by atoms with van der Waals surface area (Å²) in [6.45, 7) is 3.93. The summed E-state index contributed by atoms with van der Waals surface area (Å²) in [4.78, 5) is 23.5. The Kier molecular flexibility index (Phi) is 5.31. The van der Waals surface area contributed by atoms with E-state index in [0.29, 0.717) is 18.9 Å². The van der Waals surface area contributed by atoms with Crippen LogP contribution in [0.5, 0.6) is 11.5 Å². The van der Waals surface area contributed by atoms with Gasteiger partial charge in [0.2, 0.25) is 18.4 Å². The van der Waals surface area contributed by atoms with Gasteiger partial charge >= 0.3 is 5.69 Å². The molecule has 0 saturated carbocycles. The number of nitro groups is 1. The van der Waals surface area contributed by atoms with Crippen LogP contribution in [0.3, 0.4) is 0 Å². The zero-order chi connectivity index (χ0) is 20.2. The highest BCUT2D eigenvalue weighted by molar-refractivity contribution is 5.70. The SMILES string of the molecule is C#CCNc1ncnc(N2CCN(Cc3ccc4c(c3)OCO4)CC2)c1[N+](=O)[O-]. The van der Waals surface area contributed by atoms with Gasteiger partial charge in [0.15, 0.2) is 11.5 Å². The first kappa shape index (κ1) is 18.8. The molecule has 150 valence electrons. The van der Waals surface area contributed by atoms with Gasteiger partial charge in [0.1, 0.15) is 6.33 Å². The lowest BCUT2D eigenvalue weighted by Gasteiger charge is -2.35. The molecule has 2 aromatic rings. The number of benzene rings is 1. The molecule has 10 nitrogen and oxygen atoms in total. The van der Waals surface area contributed by atoms with Crippen molar-refractivity contribution < 1.29 is 14.4 Å². The van der Waals surface area contributed by atoms with E-state index in [0.717, 1.165) is 36.7 Å². The average molecular weight is 396 g/mol. The van der Waals surface area contributed by atoms with E-state index in [-0.39, 0.29) is 24.8 Å². The zero-order valence-electron chi connectivity index (χ0n) is 15.7. The van der Waals surface area contributed by atoms with Crippen molar-refractivity contribution in [3.05, 3.63) is 40.2 Å². The number of terminal acetylenes is 1. The van der Waals surface area contributed by atoms with Crippen molar-refractivity contribution in [2.75, 3.05) is 49.7 Å². The third-order valence-electron chi connectivity index (χ3n) is 4.86. The van der Waals surface area contributed by atoms with Crippen LogP contribution in [-0.4, -0.2) is 59.3 Å². The minimum absolute atomic E-state index is 0.140. The van der Waals surface area contributed by atoms with Crippen LogP contribution in [0.15, 0.2) is 24.5 Å². The molecule has 1 N–H and O–H groups in total. The number of rotatable bonds is 6. The van der Waals surface area contributed by atoms with Gasteiger partial charge in [-0.2, -0.15) is 0 Å². The van der Waals surface area contributed by atoms with E-state index in [1.54, 1.807) is 0 Å². The van der Waals surface area contributed by atoms with Gasteiger partial charge in [-0.25, -0.2) is 9.97 Å². The number of anilines is 2. The summed E-state index contributed by atoms with van der Waals surface area (Å²) in [5.41, 5.74) is 0.989. The Bertz CT molecular complexity index is 952. The van der Waals surface area contributed by atoms with Gasteiger partial charge in [0, 0.05) is 32.7 Å². The predicted octanol–water partition coefficient (Wildman–Crippen LogP) is 1.48. The fourth-order valence-electron chi connectivity index (χ4n) is 3.45. The van der Waals surface area contributed by atoms with E-state index < -0.39 is 4.92 Å². The fraction of sp³-hybridized carbons (Fsp3) is 0.368. The summed E-state index contributed by atoms with van der Waals surface area (Å²) in [6, 6.07) is 5.94. The van der Waals surface area contributed by atoms with E-state index in [1.807, 2.05) is 23.1 Å². The Morgan fingerprint density at radius 1 is 1.21 bits per heavy atom. The number of piperazine rings is 1. The first-order valence-electron chi connectivity index (χ1n) is 9.18. The molecule has 29 heavy (non-hydrogen) atoms. The molecule has 0 atom stereocenters. The van der Waals surface area contributed by atoms with Crippen molar-refractivity contribution in [2.24, 2.45) is 0 Å². The Hall–Kier alpha value is -3.58. The molecule has 1 aromatic carbocycles. The largest absolute Gasteiger partial charge is 0.454 e. The molecule has 0 unspecified atom stereocenters. The Balaban J connectivity index is 1.43. The maximum Gasteiger partial charge on any atom is 0.353 e. The van der Waals surface area contributed by atoms with Crippen molar-refractivity contribution in [2.45, 2.75) is 6.54 Å². The topological polar surface area (TPSA) is 106 Å². The zero-order valence-corrected chi connectivity index (χ0v) is 15.7. The van der Waals surface area contributed by atoms with Gasteiger partial charge in [-0.3, -0.25) is 15.0 Å². The number of hydrogen-bond donors (Lipinski definition) is 1. The summed E-state index contributed by atoms with van der Waals surface area (Å²) >= 11 is 0. The van der Waals surface area contributed by atoms with Crippen LogP contribution in [-0.2, 0) is 6.54 Å². The van der Waals surface area contributed by atoms with Gasteiger partial charge < -0.3 is 19.7 Å². The standard InChI is InChI=1S/C19H20N6O4/c1-2-5-20-18-17(25(26)27)19(22-12-21-18)24-8-6-23(7-9-24)11-14-3-4-15-16(10-14)29-13-28-15/h1,3-4,10,12H,5-9,11,13H2,(H,20,21,22). The Morgan fingerprint density at radius 3 is 2.76 bits per heavy atom. The highest BCUT2D eigenvalue weighted by atomic mass is 16.7. The molecular weight excluding hydrogens is 376 g/mol. The van der Waals surface area contributed by atoms with E-state index in [1.165, 1.54) is 6.33 Å². The van der Waals surface area contributed by atoms with E-state index in [4.69, 9.17) is 15.9 Å². The second-order valence-corrected chi connectivity index (χ2v) is 6.66. The lowest BCUT2D eigenvalue weighted by Crippen LogP contribution is -2.46. The molecule has 0 bridgehead atoms. The maximum absolute atomic E-state index is 11.6. The van der Waals surface area contributed by atoms with Crippen LogP contribution in [0.1, 0.15) is 5.56 Å². The molecular formula is C19H20N6O4. The second kappa shape index (κ2) is 8.20. The van der Waals surface area contributed by atoms with Crippen molar-refractivity contribution in [3.8, 4) is 23.8 Å². The summed E-state index contributed by atoms with van der Waals surface area (Å²) in [5, 5.41) is 14.4. The van der Waals surface area contributed by atoms with Crippen LogP contribution in [0.2, 0.25) is 0 Å². The lowest BCUT2D eigenvalue weighted by molar-refractivity contribution is -0.383. The summed E-state index contributed by atoms with van der Waals surface area (Å²) in [6.07, 6.45) is 6.55. The van der Waals surface area contributed by atoms with E-state index >= 15 is 0 Å². The highest BCUT2D eigenvalue weighted by Crippen LogP contribution is 2.34. The fourth-order valence-corrected chi connectivity index (χ4v) is 3.45. The molecule has 0 radical (unpaired) electrons. The summed E-state index contributed by atoms with van der Waals surface area (Å²) in [7, 11) is 0. The molecule has 3 heterocycles. The van der Waals surface area contributed by atoms with Gasteiger partial charge in [-0.15, -0.1) is 6.42 Å². The molecule has 4 rings (SSSR count). The van der Waals surface area contributed by atoms with E-state index in [9.17, 15) is 10.1 Å². The minimum Gasteiger partial charge on any atom is -0.454 e. The normalized spacial score (nSPS) is 15.8. The summed E-state index contributed by atoms with van der Waals surface area (Å²) in [5.74, 6) is 4.38. The smallest absolute Gasteiger partial charge is 0.353 e. The monoisotopic (exact) mass is 396 g/mol. The molecule has 10 heteroatoms. The quantitative estimate of drug-likeness (QED) is 0.441. The molecule has 1 aromatic heterocycles. The number of ether oxygens (including phenoxy) is 2. The van der Waals surface area contributed by atoms with Gasteiger partial charge in [0.05, 0.1) is 11.5 Å². The van der Waals surface area contributed by atoms with Crippen LogP contribution in [0.25, 0.3) is 0 Å². The lowest BCUT2D eigenvalue weighted by atomic mass is 10.1. The van der Waals surface area contributed by atoms with Crippen LogP contribution in [0.4, 0.5) is 17.3 Å². The predicted molar refractivity (Wildman–Crippen MR) is 106 cm³/mol. The number of fused-ring (bicyclic) bond motifs is 1. The Morgan fingerprint density at radius 2 is 2.00 bits per heavy atom. The number of hydrogen-bond acceptors (Lipinski definition) is 9. The second-order valence-electron chi connectivity index (χ2n) is 6.66. The van der Waals surface area contributed by atoms with Crippen LogP contribution in [0, 0.1) is 22.5 Å². The third kappa shape index (κ3) is 4.00. The Labute approximate surface area is 167 Å². The van der Waals surface area contributed by atoms with Crippen LogP contribution < -0.4 is 19.7 Å². The molecule has 0 amide bonds. The minimum atomic E-state index is -0.465. The van der Waals surface area contributed by atoms with Gasteiger partial charge in [-0.05, 0) is 17.7 Å². The molecule has 2 aliphatic heterocycles. The molecule has 2 aliphatic rings. The molecule has 1 fully saturated rings. The average Bonchev–Trinajstić information content (AvgIpc) is 3.20. The van der Waals surface area contributed by atoms with Crippen molar-refractivity contribution in [1.29, 1.82) is 0 Å². The van der Waals surface area contributed by atoms with Crippen molar-refractivity contribution >= 4 is 17.3 Å². The van der Waals surface area contributed by atoms with Crippen molar-refractivity contribution in [3.63, 3.8) is 0 Å². The molecule has 0 aliphatic carbocycles. The van der Waals surface area contributed by atoms with Crippen molar-refractivity contribution in [1.82, 2.24) is 14.9 Å². The third-order valence-corrected chi connectivity index (χ3v) is 4.86. The maximum atomic E-state index is 11.6. The first-order chi connectivity index (χ1) is 14.2. The van der Waals surface area contributed by atoms with Gasteiger partial charge in [0.25, 0.3) is 0 Å². The molecule has 0 spiro atoms. The number of nitrogens with one attached hydrogen (secondary N) is 1.